The molecule has 4 aromatic rings. The number of hydrogen-bond donors (Lipinski definition) is 2. The molecule has 0 bridgehead atoms. The first kappa shape index (κ1) is 24.8. The summed E-state index contributed by atoms with van der Waals surface area (Å²) in [5.41, 5.74) is 3.80. The van der Waals surface area contributed by atoms with Gasteiger partial charge in [-0.25, -0.2) is 4.98 Å². The number of aliphatic carboxylic acids is 1. The number of nitrogens with zero attached hydrogens (tertiary/aromatic N) is 2. The van der Waals surface area contributed by atoms with Crippen LogP contribution in [-0.4, -0.2) is 40.3 Å². The number of nitrogens with one attached hydrogen (secondary N) is 1. The molecule has 0 aliphatic carbocycles. The van der Waals surface area contributed by atoms with Crippen LogP contribution in [0.4, 0.5) is 0 Å². The highest BCUT2D eigenvalue weighted by molar-refractivity contribution is 5.83. The third-order valence-corrected chi connectivity index (χ3v) is 6.09. The number of methoxy groups -OCH3 is 1. The molecule has 184 valence electrons. The van der Waals surface area contributed by atoms with E-state index < -0.39 is 24.0 Å². The summed E-state index contributed by atoms with van der Waals surface area (Å²) in [6.45, 7) is 1.91. The van der Waals surface area contributed by atoms with Gasteiger partial charge in [-0.3, -0.25) is 19.0 Å². The van der Waals surface area contributed by atoms with Gasteiger partial charge in [0.1, 0.15) is 6.04 Å². The van der Waals surface area contributed by atoms with Crippen molar-refractivity contribution < 1.29 is 19.4 Å². The van der Waals surface area contributed by atoms with Crippen LogP contribution in [-0.2, 0) is 14.3 Å². The molecule has 0 aliphatic heterocycles. The predicted octanol–water partition coefficient (Wildman–Crippen LogP) is 3.89. The number of rotatable bonds is 9. The van der Waals surface area contributed by atoms with Crippen molar-refractivity contribution >= 4 is 22.8 Å². The van der Waals surface area contributed by atoms with Crippen LogP contribution in [0, 0.1) is 6.92 Å². The second-order valence-corrected chi connectivity index (χ2v) is 8.54. The van der Waals surface area contributed by atoms with Crippen LogP contribution in [0.15, 0.2) is 83.9 Å². The monoisotopic (exact) mass is 485 g/mol. The molecule has 0 aliphatic rings. The lowest BCUT2D eigenvalue weighted by atomic mass is 9.95. The zero-order valence-corrected chi connectivity index (χ0v) is 20.0. The van der Waals surface area contributed by atoms with Gasteiger partial charge in [0.2, 0.25) is 5.91 Å². The summed E-state index contributed by atoms with van der Waals surface area (Å²) in [6, 6.07) is 20.4. The molecule has 0 spiro atoms. The zero-order chi connectivity index (χ0) is 25.7. The lowest BCUT2D eigenvalue weighted by Gasteiger charge is -2.23. The van der Waals surface area contributed by atoms with Crippen LogP contribution in [0.25, 0.3) is 22.0 Å². The molecule has 2 atom stereocenters. The maximum Gasteiger partial charge on any atom is 0.305 e. The van der Waals surface area contributed by atoms with Gasteiger partial charge < -0.3 is 15.2 Å². The molecule has 3 aromatic carbocycles. The molecule has 4 rings (SSSR count). The first-order valence-corrected chi connectivity index (χ1v) is 11.5. The van der Waals surface area contributed by atoms with Crippen LogP contribution in [0.1, 0.15) is 29.6 Å². The third kappa shape index (κ3) is 5.34. The number of carbonyl (C=O) groups excluding carboxylic acids is 1. The Hall–Kier alpha value is -4.30. The molecular weight excluding hydrogens is 458 g/mol. The van der Waals surface area contributed by atoms with Gasteiger partial charge in [0, 0.05) is 7.11 Å². The minimum absolute atomic E-state index is 0.0885. The maximum absolute atomic E-state index is 13.4. The lowest BCUT2D eigenvalue weighted by Crippen LogP contribution is -2.41. The van der Waals surface area contributed by atoms with Crippen LogP contribution >= 0.6 is 0 Å². The van der Waals surface area contributed by atoms with E-state index in [1.54, 1.807) is 30.3 Å². The van der Waals surface area contributed by atoms with Crippen LogP contribution in [0.5, 0.6) is 0 Å². The van der Waals surface area contributed by atoms with Gasteiger partial charge in [0.25, 0.3) is 5.56 Å². The standard InChI is InChI=1S/C28H27N3O5/c1-18-8-3-4-11-21(18)19-9-7-10-20(14-19)24(15-26(32)33)30-27(34)25(16-36-2)31-17-29-23-13-6-5-12-22(23)28(31)35/h3-14,17,24-25H,15-16H2,1-2H3,(H,30,34)(H,32,33)/t24-,25-/m0/s1. The maximum atomic E-state index is 13.4. The second-order valence-electron chi connectivity index (χ2n) is 8.54. The SMILES string of the molecule is COC[C@@H](C(=O)N[C@@H](CC(=O)O)c1cccc(-c2ccccc2C)c1)n1cnc2ccccc2c1=O. The smallest absolute Gasteiger partial charge is 0.305 e. The van der Waals surface area contributed by atoms with Crippen LogP contribution < -0.4 is 10.9 Å². The van der Waals surface area contributed by atoms with E-state index in [1.165, 1.54) is 18.0 Å². The van der Waals surface area contributed by atoms with Crippen molar-refractivity contribution in [2.75, 3.05) is 13.7 Å². The Bertz CT molecular complexity index is 1460. The average molecular weight is 486 g/mol. The van der Waals surface area contributed by atoms with Gasteiger partial charge in [0.05, 0.1) is 36.3 Å². The van der Waals surface area contributed by atoms with E-state index in [4.69, 9.17) is 4.74 Å². The number of aryl methyl sites for hydroxylation is 1. The van der Waals surface area contributed by atoms with Crippen molar-refractivity contribution in [3.05, 3.63) is 101 Å². The van der Waals surface area contributed by atoms with Crippen LogP contribution in [0.3, 0.4) is 0 Å². The van der Waals surface area contributed by atoms with Gasteiger partial charge in [-0.15, -0.1) is 0 Å². The minimum Gasteiger partial charge on any atom is -0.481 e. The quantitative estimate of drug-likeness (QED) is 0.372. The number of carboxylic acids is 1. The lowest BCUT2D eigenvalue weighted by molar-refractivity contribution is -0.138. The van der Waals surface area contributed by atoms with Crippen molar-refractivity contribution in [3.63, 3.8) is 0 Å². The molecule has 2 N–H and O–H groups in total. The van der Waals surface area contributed by atoms with E-state index in [2.05, 4.69) is 10.3 Å². The van der Waals surface area contributed by atoms with Crippen molar-refractivity contribution in [2.24, 2.45) is 0 Å². The topological polar surface area (TPSA) is 111 Å². The molecule has 0 radical (unpaired) electrons. The normalized spacial score (nSPS) is 12.7. The van der Waals surface area contributed by atoms with E-state index in [-0.39, 0.29) is 18.6 Å². The highest BCUT2D eigenvalue weighted by atomic mass is 16.5. The summed E-state index contributed by atoms with van der Waals surface area (Å²) in [6.07, 6.45) is 0.993. The Morgan fingerprint density at radius 3 is 2.56 bits per heavy atom. The number of fused-ring (bicyclic) bond motifs is 1. The van der Waals surface area contributed by atoms with Crippen molar-refractivity contribution in [2.45, 2.75) is 25.4 Å². The summed E-state index contributed by atoms with van der Waals surface area (Å²) in [7, 11) is 1.43. The summed E-state index contributed by atoms with van der Waals surface area (Å²) in [5.74, 6) is -1.60. The van der Waals surface area contributed by atoms with Crippen molar-refractivity contribution in [3.8, 4) is 11.1 Å². The van der Waals surface area contributed by atoms with Crippen molar-refractivity contribution in [1.82, 2.24) is 14.9 Å². The van der Waals surface area contributed by atoms with E-state index in [0.717, 1.165) is 16.7 Å². The summed E-state index contributed by atoms with van der Waals surface area (Å²) < 4.78 is 6.47. The Labute approximate surface area is 208 Å². The van der Waals surface area contributed by atoms with Gasteiger partial charge >= 0.3 is 5.97 Å². The molecular formula is C28H27N3O5. The summed E-state index contributed by atoms with van der Waals surface area (Å²) in [5, 5.41) is 12.8. The molecule has 0 fully saturated rings. The molecule has 1 aromatic heterocycles. The fraction of sp³-hybridized carbons (Fsp3) is 0.214. The Morgan fingerprint density at radius 1 is 1.06 bits per heavy atom. The molecule has 8 nitrogen and oxygen atoms in total. The Kier molecular flexibility index (Phi) is 7.56. The number of carboxylic acid groups (broad SMARTS) is 1. The first-order chi connectivity index (χ1) is 17.4. The molecule has 0 saturated heterocycles. The fourth-order valence-electron chi connectivity index (χ4n) is 4.26. The number of ether oxygens (including phenoxy) is 1. The second kappa shape index (κ2) is 11.0. The summed E-state index contributed by atoms with van der Waals surface area (Å²) >= 11 is 0. The van der Waals surface area contributed by atoms with E-state index in [0.29, 0.717) is 16.5 Å². The van der Waals surface area contributed by atoms with Gasteiger partial charge in [-0.05, 0) is 47.4 Å². The molecule has 0 saturated carbocycles. The minimum atomic E-state index is -1.06. The van der Waals surface area contributed by atoms with E-state index in [9.17, 15) is 19.5 Å². The molecule has 8 heteroatoms. The number of amides is 1. The largest absolute Gasteiger partial charge is 0.481 e. The predicted molar refractivity (Wildman–Crippen MR) is 137 cm³/mol. The van der Waals surface area contributed by atoms with E-state index in [1.807, 2.05) is 49.4 Å². The number of hydrogen-bond acceptors (Lipinski definition) is 5. The van der Waals surface area contributed by atoms with Crippen LogP contribution in [0.2, 0.25) is 0 Å². The molecule has 1 heterocycles. The molecule has 1 amide bonds. The number of benzene rings is 3. The average Bonchev–Trinajstić information content (AvgIpc) is 2.88. The highest BCUT2D eigenvalue weighted by Gasteiger charge is 2.27. The number of para-hydroxylation sites is 1. The fourth-order valence-corrected chi connectivity index (χ4v) is 4.26. The zero-order valence-electron chi connectivity index (χ0n) is 20.0. The Morgan fingerprint density at radius 2 is 1.81 bits per heavy atom. The van der Waals surface area contributed by atoms with Gasteiger partial charge in [-0.2, -0.15) is 0 Å². The Balaban J connectivity index is 1.68. The number of carbonyl (C=O) groups is 2. The number of aromatic nitrogens is 2. The van der Waals surface area contributed by atoms with Gasteiger partial charge in [-0.1, -0.05) is 54.6 Å². The summed E-state index contributed by atoms with van der Waals surface area (Å²) in [4.78, 5) is 42.5. The third-order valence-electron chi connectivity index (χ3n) is 6.09. The molecule has 36 heavy (non-hydrogen) atoms. The van der Waals surface area contributed by atoms with Gasteiger partial charge in [0.15, 0.2) is 0 Å². The van der Waals surface area contributed by atoms with E-state index >= 15 is 0 Å². The highest BCUT2D eigenvalue weighted by Crippen LogP contribution is 2.27. The van der Waals surface area contributed by atoms with Crippen molar-refractivity contribution in [1.29, 1.82) is 0 Å². The first-order valence-electron chi connectivity index (χ1n) is 11.5. The molecule has 0 unspecified atom stereocenters.